The molecule has 0 radical (unpaired) electrons. The fourth-order valence-corrected chi connectivity index (χ4v) is 2.13. The second-order valence-corrected chi connectivity index (χ2v) is 4.79. The van der Waals surface area contributed by atoms with Crippen molar-refractivity contribution in [1.29, 1.82) is 0 Å². The second-order valence-electron chi connectivity index (χ2n) is 3.94. The Hall–Kier alpha value is -1.48. The van der Waals surface area contributed by atoms with E-state index in [4.69, 9.17) is 10.5 Å². The Morgan fingerprint density at radius 2 is 1.94 bits per heavy atom. The van der Waals surface area contributed by atoms with Crippen molar-refractivity contribution in [3.63, 3.8) is 0 Å². The lowest BCUT2D eigenvalue weighted by Gasteiger charge is -2.11. The number of hydrogen-bond acceptors (Lipinski definition) is 2. The molecule has 0 unspecified atom stereocenters. The molecule has 88 valence electrons. The van der Waals surface area contributed by atoms with Crippen molar-refractivity contribution in [2.45, 2.75) is 13.5 Å². The van der Waals surface area contributed by atoms with Gasteiger partial charge in [-0.25, -0.2) is 0 Å². The summed E-state index contributed by atoms with van der Waals surface area (Å²) in [5.74, 6) is 0.703. The Morgan fingerprint density at radius 3 is 2.65 bits per heavy atom. The molecule has 0 amide bonds. The van der Waals surface area contributed by atoms with E-state index in [2.05, 4.69) is 35.0 Å². The van der Waals surface area contributed by atoms with Gasteiger partial charge in [0, 0.05) is 0 Å². The molecule has 0 aromatic heterocycles. The summed E-state index contributed by atoms with van der Waals surface area (Å²) in [5.41, 5.74) is 8.87. The van der Waals surface area contributed by atoms with Crippen LogP contribution in [0.25, 0.3) is 0 Å². The molecule has 0 heterocycles. The van der Waals surface area contributed by atoms with Gasteiger partial charge in [-0.05, 0) is 40.5 Å². The molecule has 2 N–H and O–H groups in total. The van der Waals surface area contributed by atoms with Crippen LogP contribution in [0.4, 0.5) is 5.69 Å². The zero-order chi connectivity index (χ0) is 12.3. The Bertz CT molecular complexity index is 505. The molecule has 0 spiro atoms. The third-order valence-corrected chi connectivity index (χ3v) is 3.09. The first kappa shape index (κ1) is 12.0. The van der Waals surface area contributed by atoms with Crippen LogP contribution >= 0.6 is 15.9 Å². The van der Waals surface area contributed by atoms with Gasteiger partial charge in [-0.15, -0.1) is 0 Å². The van der Waals surface area contributed by atoms with Crippen LogP contribution in [0.2, 0.25) is 0 Å². The van der Waals surface area contributed by atoms with Crippen LogP contribution in [0.1, 0.15) is 11.1 Å². The van der Waals surface area contributed by atoms with Gasteiger partial charge in [-0.2, -0.15) is 0 Å². The van der Waals surface area contributed by atoms with E-state index in [0.717, 1.165) is 10.0 Å². The van der Waals surface area contributed by atoms with Gasteiger partial charge in [0.05, 0.1) is 10.2 Å². The number of nitrogen functional groups attached to an aromatic ring is 1. The first-order valence-electron chi connectivity index (χ1n) is 5.39. The molecule has 17 heavy (non-hydrogen) atoms. The molecule has 0 aliphatic rings. The number of anilines is 1. The predicted molar refractivity (Wildman–Crippen MR) is 74.1 cm³/mol. The number of ether oxygens (including phenoxy) is 1. The number of aryl methyl sites for hydroxylation is 1. The standard InChI is InChI=1S/C14H14BrNO/c1-10-4-2-5-11(8-10)9-17-14-12(15)6-3-7-13(14)16/h2-8H,9,16H2,1H3. The lowest BCUT2D eigenvalue weighted by Crippen LogP contribution is -1.99. The minimum absolute atomic E-state index is 0.522. The van der Waals surface area contributed by atoms with Crippen molar-refractivity contribution in [3.05, 3.63) is 58.1 Å². The SMILES string of the molecule is Cc1cccc(COc2c(N)cccc2Br)c1. The fourth-order valence-electron chi connectivity index (χ4n) is 1.64. The number of halogens is 1. The van der Waals surface area contributed by atoms with Crippen LogP contribution in [0.5, 0.6) is 5.75 Å². The van der Waals surface area contributed by atoms with Gasteiger partial charge < -0.3 is 10.5 Å². The number of para-hydroxylation sites is 1. The molecule has 2 aromatic carbocycles. The van der Waals surface area contributed by atoms with Crippen LogP contribution in [-0.2, 0) is 6.61 Å². The van der Waals surface area contributed by atoms with Crippen LogP contribution in [0, 0.1) is 6.92 Å². The Balaban J connectivity index is 2.13. The molecule has 0 atom stereocenters. The van der Waals surface area contributed by atoms with E-state index < -0.39 is 0 Å². The Kier molecular flexibility index (Phi) is 3.69. The van der Waals surface area contributed by atoms with E-state index in [-0.39, 0.29) is 0 Å². The largest absolute Gasteiger partial charge is 0.486 e. The molecule has 0 bridgehead atoms. The molecule has 2 aromatic rings. The van der Waals surface area contributed by atoms with Crippen molar-refractivity contribution in [3.8, 4) is 5.75 Å². The van der Waals surface area contributed by atoms with Gasteiger partial charge in [-0.3, -0.25) is 0 Å². The van der Waals surface area contributed by atoms with Crippen LogP contribution in [0.15, 0.2) is 46.9 Å². The fraction of sp³-hybridized carbons (Fsp3) is 0.143. The van der Waals surface area contributed by atoms with Gasteiger partial charge in [-0.1, -0.05) is 35.9 Å². The topological polar surface area (TPSA) is 35.2 Å². The third kappa shape index (κ3) is 3.01. The summed E-state index contributed by atoms with van der Waals surface area (Å²) in [6, 6.07) is 13.9. The van der Waals surface area contributed by atoms with Crippen molar-refractivity contribution in [2.24, 2.45) is 0 Å². The van der Waals surface area contributed by atoms with E-state index in [0.29, 0.717) is 18.0 Å². The molecule has 3 heteroatoms. The second kappa shape index (κ2) is 5.23. The maximum Gasteiger partial charge on any atom is 0.156 e. The maximum atomic E-state index is 5.86. The summed E-state index contributed by atoms with van der Waals surface area (Å²) < 4.78 is 6.62. The third-order valence-electron chi connectivity index (χ3n) is 2.46. The highest BCUT2D eigenvalue weighted by atomic mass is 79.9. The number of nitrogens with two attached hydrogens (primary N) is 1. The summed E-state index contributed by atoms with van der Waals surface area (Å²) in [6.07, 6.45) is 0. The number of rotatable bonds is 3. The molecular formula is C14H14BrNO. The number of hydrogen-bond donors (Lipinski definition) is 1. The lowest BCUT2D eigenvalue weighted by molar-refractivity contribution is 0.306. The van der Waals surface area contributed by atoms with E-state index >= 15 is 0 Å². The van der Waals surface area contributed by atoms with Gasteiger partial charge in [0.1, 0.15) is 6.61 Å². The van der Waals surface area contributed by atoms with Gasteiger partial charge in [0.25, 0.3) is 0 Å². The molecule has 0 saturated heterocycles. The van der Waals surface area contributed by atoms with Crippen molar-refractivity contribution in [2.75, 3.05) is 5.73 Å². The molecule has 0 fully saturated rings. The normalized spacial score (nSPS) is 10.2. The zero-order valence-electron chi connectivity index (χ0n) is 9.61. The zero-order valence-corrected chi connectivity index (χ0v) is 11.2. The van der Waals surface area contributed by atoms with Crippen molar-refractivity contribution in [1.82, 2.24) is 0 Å². The molecule has 0 saturated carbocycles. The lowest BCUT2D eigenvalue weighted by atomic mass is 10.1. The highest BCUT2D eigenvalue weighted by Gasteiger charge is 2.05. The van der Waals surface area contributed by atoms with Crippen LogP contribution in [-0.4, -0.2) is 0 Å². The van der Waals surface area contributed by atoms with Gasteiger partial charge >= 0.3 is 0 Å². The first-order chi connectivity index (χ1) is 8.16. The van der Waals surface area contributed by atoms with E-state index in [1.54, 1.807) is 0 Å². The van der Waals surface area contributed by atoms with Crippen LogP contribution < -0.4 is 10.5 Å². The highest BCUT2D eigenvalue weighted by molar-refractivity contribution is 9.10. The quantitative estimate of drug-likeness (QED) is 0.870. The summed E-state index contributed by atoms with van der Waals surface area (Å²) >= 11 is 3.43. The molecule has 0 aliphatic heterocycles. The average Bonchev–Trinajstić information content (AvgIpc) is 2.28. The predicted octanol–water partition coefficient (Wildman–Crippen LogP) is 3.92. The van der Waals surface area contributed by atoms with Crippen LogP contribution in [0.3, 0.4) is 0 Å². The maximum absolute atomic E-state index is 5.86. The summed E-state index contributed by atoms with van der Waals surface area (Å²) in [6.45, 7) is 2.59. The molecule has 0 aliphatic carbocycles. The average molecular weight is 292 g/mol. The van der Waals surface area contributed by atoms with Crippen molar-refractivity contribution < 1.29 is 4.74 Å². The van der Waals surface area contributed by atoms with E-state index in [1.165, 1.54) is 5.56 Å². The summed E-state index contributed by atoms with van der Waals surface area (Å²) in [7, 11) is 0. The molecule has 2 rings (SSSR count). The minimum atomic E-state index is 0.522. The first-order valence-corrected chi connectivity index (χ1v) is 6.18. The smallest absolute Gasteiger partial charge is 0.156 e. The number of benzene rings is 2. The summed E-state index contributed by atoms with van der Waals surface area (Å²) in [5, 5.41) is 0. The highest BCUT2D eigenvalue weighted by Crippen LogP contribution is 2.31. The van der Waals surface area contributed by atoms with Gasteiger partial charge in [0.15, 0.2) is 5.75 Å². The van der Waals surface area contributed by atoms with E-state index in [1.807, 2.05) is 30.3 Å². The minimum Gasteiger partial charge on any atom is -0.486 e. The Labute approximate surface area is 110 Å². The molecular weight excluding hydrogens is 278 g/mol. The van der Waals surface area contributed by atoms with Gasteiger partial charge in [0.2, 0.25) is 0 Å². The molecule has 2 nitrogen and oxygen atoms in total. The van der Waals surface area contributed by atoms with E-state index in [9.17, 15) is 0 Å². The monoisotopic (exact) mass is 291 g/mol. The Morgan fingerprint density at radius 1 is 1.18 bits per heavy atom. The summed E-state index contributed by atoms with van der Waals surface area (Å²) in [4.78, 5) is 0. The van der Waals surface area contributed by atoms with Crippen molar-refractivity contribution >= 4 is 21.6 Å².